The van der Waals surface area contributed by atoms with Gasteiger partial charge < -0.3 is 11.1 Å². The van der Waals surface area contributed by atoms with Crippen LogP contribution >= 0.6 is 23.4 Å². The van der Waals surface area contributed by atoms with Crippen molar-refractivity contribution in [3.8, 4) is 0 Å². The van der Waals surface area contributed by atoms with E-state index in [0.29, 0.717) is 28.2 Å². The smallest absolute Gasteiger partial charge is 0.272 e. The molecule has 1 heterocycles. The average Bonchev–Trinajstić information content (AvgIpc) is 3.40. The Bertz CT molecular complexity index is 691. The topological polar surface area (TPSA) is 80.9 Å². The Kier molecular flexibility index (Phi) is 5.15. The van der Waals surface area contributed by atoms with Crippen LogP contribution in [0.15, 0.2) is 46.3 Å². The number of rotatable bonds is 6. The lowest BCUT2D eigenvalue weighted by Gasteiger charge is -2.15. The number of benzene rings is 1. The maximum atomic E-state index is 12.2. The number of carbonyl (C=O) groups excluding carboxylic acids is 1. The molecule has 1 aromatic carbocycles. The van der Waals surface area contributed by atoms with Crippen molar-refractivity contribution >= 4 is 29.3 Å². The minimum absolute atomic E-state index is 0.0291. The van der Waals surface area contributed by atoms with Crippen molar-refractivity contribution in [3.63, 3.8) is 0 Å². The zero-order valence-electron chi connectivity index (χ0n) is 12.4. The third-order valence-electron chi connectivity index (χ3n) is 3.69. The molecule has 2 aromatic rings. The van der Waals surface area contributed by atoms with Crippen LogP contribution in [0.3, 0.4) is 0 Å². The van der Waals surface area contributed by atoms with Gasteiger partial charge in [-0.15, -0.1) is 10.2 Å². The third-order valence-corrected chi connectivity index (χ3v) is 5.13. The maximum Gasteiger partial charge on any atom is 0.272 e. The lowest BCUT2D eigenvalue weighted by Crippen LogP contribution is -2.42. The van der Waals surface area contributed by atoms with E-state index >= 15 is 0 Å². The number of nitrogens with one attached hydrogen (secondary N) is 1. The van der Waals surface area contributed by atoms with Crippen molar-refractivity contribution in [3.05, 3.63) is 47.1 Å². The Morgan fingerprint density at radius 2 is 2.09 bits per heavy atom. The normalized spacial score (nSPS) is 15.2. The van der Waals surface area contributed by atoms with Crippen molar-refractivity contribution in [1.82, 2.24) is 15.5 Å². The third kappa shape index (κ3) is 4.22. The van der Waals surface area contributed by atoms with E-state index < -0.39 is 0 Å². The van der Waals surface area contributed by atoms with Gasteiger partial charge in [0.2, 0.25) is 0 Å². The van der Waals surface area contributed by atoms with Crippen molar-refractivity contribution in [2.75, 3.05) is 6.54 Å². The first-order valence-electron chi connectivity index (χ1n) is 7.44. The Labute approximate surface area is 144 Å². The van der Waals surface area contributed by atoms with Gasteiger partial charge in [-0.25, -0.2) is 0 Å². The predicted molar refractivity (Wildman–Crippen MR) is 90.6 cm³/mol. The van der Waals surface area contributed by atoms with Gasteiger partial charge in [-0.05, 0) is 43.0 Å². The van der Waals surface area contributed by atoms with Gasteiger partial charge >= 0.3 is 0 Å². The zero-order valence-corrected chi connectivity index (χ0v) is 14.0. The fraction of sp³-hybridized carbons (Fsp3) is 0.312. The summed E-state index contributed by atoms with van der Waals surface area (Å²) in [7, 11) is 0. The van der Waals surface area contributed by atoms with Gasteiger partial charge in [0, 0.05) is 17.5 Å². The van der Waals surface area contributed by atoms with Gasteiger partial charge in [0.25, 0.3) is 5.91 Å². The van der Waals surface area contributed by atoms with Crippen molar-refractivity contribution < 1.29 is 4.79 Å². The van der Waals surface area contributed by atoms with Crippen LogP contribution in [0.2, 0.25) is 5.02 Å². The number of nitrogens with two attached hydrogens (primary N) is 1. The van der Waals surface area contributed by atoms with Gasteiger partial charge in [0.1, 0.15) is 5.03 Å². The molecule has 1 saturated carbocycles. The quantitative estimate of drug-likeness (QED) is 0.839. The van der Waals surface area contributed by atoms with Gasteiger partial charge in [-0.2, -0.15) is 0 Å². The van der Waals surface area contributed by atoms with E-state index in [1.54, 1.807) is 12.1 Å². The first-order chi connectivity index (χ1) is 11.2. The molecule has 3 N–H and O–H groups in total. The van der Waals surface area contributed by atoms with E-state index in [4.69, 9.17) is 17.3 Å². The molecule has 1 atom stereocenters. The summed E-state index contributed by atoms with van der Waals surface area (Å²) in [6.45, 7) is 0.449. The van der Waals surface area contributed by atoms with E-state index in [0.717, 1.165) is 17.7 Å². The SMILES string of the molecule is NCC(NC(=O)c1ccc(Sc2ccccc2Cl)nn1)C1CC1. The summed E-state index contributed by atoms with van der Waals surface area (Å²) in [5.41, 5.74) is 6.00. The summed E-state index contributed by atoms with van der Waals surface area (Å²) < 4.78 is 0. The lowest BCUT2D eigenvalue weighted by molar-refractivity contribution is 0.0927. The lowest BCUT2D eigenvalue weighted by atomic mass is 10.2. The molecule has 1 amide bonds. The molecule has 3 rings (SSSR count). The molecular weight excluding hydrogens is 332 g/mol. The highest BCUT2D eigenvalue weighted by atomic mass is 35.5. The molecule has 23 heavy (non-hydrogen) atoms. The Morgan fingerprint density at radius 1 is 1.30 bits per heavy atom. The second-order valence-corrected chi connectivity index (χ2v) is 6.91. The molecule has 1 aromatic heterocycles. The van der Waals surface area contributed by atoms with Crippen molar-refractivity contribution in [2.45, 2.75) is 28.8 Å². The summed E-state index contributed by atoms with van der Waals surface area (Å²) in [6, 6.07) is 11.0. The van der Waals surface area contributed by atoms with Crippen LogP contribution in [0.25, 0.3) is 0 Å². The Hall–Kier alpha value is -1.63. The largest absolute Gasteiger partial charge is 0.346 e. The maximum absolute atomic E-state index is 12.2. The molecule has 0 bridgehead atoms. The monoisotopic (exact) mass is 348 g/mol. The molecular formula is C16H17ClN4OS. The fourth-order valence-corrected chi connectivity index (χ4v) is 3.25. The van der Waals surface area contributed by atoms with E-state index in [1.165, 1.54) is 11.8 Å². The van der Waals surface area contributed by atoms with Crippen LogP contribution in [0.5, 0.6) is 0 Å². The van der Waals surface area contributed by atoms with E-state index in [9.17, 15) is 4.79 Å². The van der Waals surface area contributed by atoms with Gasteiger partial charge in [0.05, 0.1) is 5.02 Å². The fourth-order valence-electron chi connectivity index (χ4n) is 2.25. The second kappa shape index (κ2) is 7.29. The van der Waals surface area contributed by atoms with Gasteiger partial charge in [-0.1, -0.05) is 35.5 Å². The molecule has 0 radical (unpaired) electrons. The highest BCUT2D eigenvalue weighted by Crippen LogP contribution is 2.33. The summed E-state index contributed by atoms with van der Waals surface area (Å²) in [4.78, 5) is 13.1. The number of hydrogen-bond acceptors (Lipinski definition) is 5. The minimum Gasteiger partial charge on any atom is -0.346 e. The number of halogens is 1. The number of carbonyl (C=O) groups is 1. The van der Waals surface area contributed by atoms with Crippen molar-refractivity contribution in [2.24, 2.45) is 11.7 Å². The number of nitrogens with zero attached hydrogens (tertiary/aromatic N) is 2. The number of hydrogen-bond donors (Lipinski definition) is 2. The minimum atomic E-state index is -0.228. The Morgan fingerprint density at radius 3 is 2.70 bits per heavy atom. The Balaban J connectivity index is 1.64. The van der Waals surface area contributed by atoms with Gasteiger partial charge in [0.15, 0.2) is 5.69 Å². The molecule has 5 nitrogen and oxygen atoms in total. The molecule has 7 heteroatoms. The second-order valence-electron chi connectivity index (χ2n) is 5.44. The molecule has 0 spiro atoms. The first-order valence-corrected chi connectivity index (χ1v) is 8.64. The van der Waals surface area contributed by atoms with Crippen molar-refractivity contribution in [1.29, 1.82) is 0 Å². The van der Waals surface area contributed by atoms with Crippen LogP contribution in [0, 0.1) is 5.92 Å². The van der Waals surface area contributed by atoms with Crippen LogP contribution in [-0.2, 0) is 0 Å². The zero-order chi connectivity index (χ0) is 16.2. The average molecular weight is 349 g/mol. The molecule has 1 aliphatic rings. The highest BCUT2D eigenvalue weighted by Gasteiger charge is 2.31. The van der Waals surface area contributed by atoms with Crippen LogP contribution in [0.1, 0.15) is 23.3 Å². The molecule has 1 fully saturated rings. The first kappa shape index (κ1) is 16.2. The van der Waals surface area contributed by atoms with Crippen LogP contribution in [-0.4, -0.2) is 28.7 Å². The number of amides is 1. The molecule has 120 valence electrons. The van der Waals surface area contributed by atoms with E-state index in [-0.39, 0.29) is 11.9 Å². The summed E-state index contributed by atoms with van der Waals surface area (Å²) in [5, 5.41) is 12.4. The summed E-state index contributed by atoms with van der Waals surface area (Å²) in [6.07, 6.45) is 2.25. The summed E-state index contributed by atoms with van der Waals surface area (Å²) in [5.74, 6) is 0.279. The molecule has 0 aliphatic heterocycles. The standard InChI is InChI=1S/C16H17ClN4OS/c17-11-3-1-2-4-14(11)23-15-8-7-12(20-21-15)16(22)19-13(9-18)10-5-6-10/h1-4,7-8,10,13H,5-6,9,18H2,(H,19,22). The van der Waals surface area contributed by atoms with Crippen LogP contribution < -0.4 is 11.1 Å². The number of aromatic nitrogens is 2. The summed E-state index contributed by atoms with van der Waals surface area (Å²) >= 11 is 7.53. The van der Waals surface area contributed by atoms with Crippen LogP contribution in [0.4, 0.5) is 0 Å². The molecule has 0 saturated heterocycles. The van der Waals surface area contributed by atoms with E-state index in [2.05, 4.69) is 15.5 Å². The molecule has 1 aliphatic carbocycles. The highest BCUT2D eigenvalue weighted by molar-refractivity contribution is 7.99. The predicted octanol–water partition coefficient (Wildman–Crippen LogP) is 2.75. The van der Waals surface area contributed by atoms with E-state index in [1.807, 2.05) is 24.3 Å². The van der Waals surface area contributed by atoms with Gasteiger partial charge in [-0.3, -0.25) is 4.79 Å². The molecule has 1 unspecified atom stereocenters.